The molecule has 0 aliphatic heterocycles. The number of aliphatic hydroxyl groups is 2. The molecule has 10 nitrogen and oxygen atoms in total. The minimum Gasteiger partial charge on any atom is -0.462 e. The molecule has 0 amide bonds. The second-order valence-electron chi connectivity index (χ2n) is 10.1. The van der Waals surface area contributed by atoms with Crippen molar-refractivity contribution in [1.29, 1.82) is 0 Å². The zero-order chi connectivity index (χ0) is 29.2. The van der Waals surface area contributed by atoms with Crippen molar-refractivity contribution in [2.24, 2.45) is 0 Å². The highest BCUT2D eigenvalue weighted by atomic mass is 31.2. The Kier molecular flexibility index (Phi) is 25.2. The molecule has 0 saturated heterocycles. The van der Waals surface area contributed by atoms with E-state index in [1.807, 2.05) is 6.92 Å². The molecule has 0 fully saturated rings. The van der Waals surface area contributed by atoms with Gasteiger partial charge in [-0.15, -0.1) is 0 Å². The fourth-order valence-electron chi connectivity index (χ4n) is 3.85. The Labute approximate surface area is 235 Å². The highest BCUT2D eigenvalue weighted by molar-refractivity contribution is 7.47. The molecule has 3 N–H and O–H groups in total. The molecule has 3 unspecified atom stereocenters. The molecule has 0 radical (unpaired) electrons. The van der Waals surface area contributed by atoms with Gasteiger partial charge >= 0.3 is 19.8 Å². The van der Waals surface area contributed by atoms with Crippen LogP contribution in [0.1, 0.15) is 129 Å². The van der Waals surface area contributed by atoms with E-state index < -0.39 is 51.8 Å². The first-order valence-corrected chi connectivity index (χ1v) is 16.5. The van der Waals surface area contributed by atoms with Crippen molar-refractivity contribution in [3.63, 3.8) is 0 Å². The van der Waals surface area contributed by atoms with Gasteiger partial charge in [-0.3, -0.25) is 18.6 Å². The maximum atomic E-state index is 12.3. The van der Waals surface area contributed by atoms with Crippen molar-refractivity contribution in [1.82, 2.24) is 0 Å². The summed E-state index contributed by atoms with van der Waals surface area (Å²) in [5.74, 6) is -0.962. The molecule has 0 bridgehead atoms. The third-order valence-corrected chi connectivity index (χ3v) is 7.21. The molecule has 0 saturated carbocycles. The van der Waals surface area contributed by atoms with Crippen molar-refractivity contribution in [2.45, 2.75) is 142 Å². The van der Waals surface area contributed by atoms with Crippen molar-refractivity contribution in [3.05, 3.63) is 0 Å². The quantitative estimate of drug-likeness (QED) is 0.0570. The van der Waals surface area contributed by atoms with E-state index in [0.29, 0.717) is 12.8 Å². The molecule has 0 aliphatic carbocycles. The van der Waals surface area contributed by atoms with Gasteiger partial charge < -0.3 is 24.6 Å². The average Bonchev–Trinajstić information content (AvgIpc) is 2.92. The monoisotopic (exact) mass is 582 g/mol. The Bertz CT molecular complexity index is 646. The molecule has 3 atom stereocenters. The van der Waals surface area contributed by atoms with Gasteiger partial charge in [0.05, 0.1) is 19.8 Å². The Morgan fingerprint density at radius 2 is 1.13 bits per heavy atom. The van der Waals surface area contributed by atoms with Crippen molar-refractivity contribution >= 4 is 19.8 Å². The zero-order valence-electron chi connectivity index (χ0n) is 24.4. The first-order chi connectivity index (χ1) is 18.7. The largest absolute Gasteiger partial charge is 0.472 e. The summed E-state index contributed by atoms with van der Waals surface area (Å²) in [6.07, 6.45) is 16.4. The van der Waals surface area contributed by atoms with E-state index in [-0.39, 0.29) is 19.4 Å². The van der Waals surface area contributed by atoms with Crippen molar-refractivity contribution in [3.8, 4) is 0 Å². The molecular weight excluding hydrogens is 527 g/mol. The van der Waals surface area contributed by atoms with Crippen LogP contribution in [0.3, 0.4) is 0 Å². The Morgan fingerprint density at radius 1 is 0.667 bits per heavy atom. The summed E-state index contributed by atoms with van der Waals surface area (Å²) in [7, 11) is -4.58. The fourth-order valence-corrected chi connectivity index (χ4v) is 4.64. The van der Waals surface area contributed by atoms with Crippen LogP contribution in [-0.2, 0) is 32.7 Å². The van der Waals surface area contributed by atoms with Crippen LogP contribution in [-0.4, -0.2) is 65.7 Å². The maximum Gasteiger partial charge on any atom is 0.472 e. The van der Waals surface area contributed by atoms with E-state index in [0.717, 1.165) is 25.7 Å². The van der Waals surface area contributed by atoms with Crippen LogP contribution < -0.4 is 0 Å². The lowest BCUT2D eigenvalue weighted by Gasteiger charge is -2.20. The van der Waals surface area contributed by atoms with Crippen LogP contribution >= 0.6 is 7.82 Å². The lowest BCUT2D eigenvalue weighted by Crippen LogP contribution is -2.29. The zero-order valence-corrected chi connectivity index (χ0v) is 25.3. The fraction of sp³-hybridized carbons (Fsp3) is 0.929. The molecule has 0 aliphatic rings. The number of carbonyl (C=O) groups excluding carboxylic acids is 2. The molecular formula is C28H55O10P. The Morgan fingerprint density at radius 3 is 1.64 bits per heavy atom. The standard InChI is InChI=1S/C28H55O10P/c1-3-5-7-8-9-10-11-12-13-14-15-16-17-18-20-28(32)38-26(23-35-27(31)19-6-4-2)24-37-39(33,34)36-22-25(30)21-29/h25-26,29-30H,3-24H2,1-2H3,(H,33,34). The summed E-state index contributed by atoms with van der Waals surface area (Å²) in [4.78, 5) is 33.9. The van der Waals surface area contributed by atoms with Crippen LogP contribution in [0.5, 0.6) is 0 Å². The minimum absolute atomic E-state index is 0.189. The van der Waals surface area contributed by atoms with Gasteiger partial charge in [0.25, 0.3) is 0 Å². The van der Waals surface area contributed by atoms with E-state index in [1.54, 1.807) is 0 Å². The molecule has 11 heteroatoms. The number of phosphoric acid groups is 1. The smallest absolute Gasteiger partial charge is 0.462 e. The van der Waals surface area contributed by atoms with Crippen LogP contribution in [0, 0.1) is 0 Å². The van der Waals surface area contributed by atoms with Gasteiger partial charge in [0.1, 0.15) is 12.7 Å². The molecule has 39 heavy (non-hydrogen) atoms. The van der Waals surface area contributed by atoms with Crippen LogP contribution in [0.15, 0.2) is 0 Å². The number of hydrogen-bond acceptors (Lipinski definition) is 9. The molecule has 0 aromatic carbocycles. The number of ether oxygens (including phenoxy) is 2. The van der Waals surface area contributed by atoms with Crippen LogP contribution in [0.25, 0.3) is 0 Å². The number of unbranched alkanes of at least 4 members (excludes halogenated alkanes) is 14. The number of carbonyl (C=O) groups is 2. The van der Waals surface area contributed by atoms with E-state index in [4.69, 9.17) is 19.1 Å². The van der Waals surface area contributed by atoms with Crippen molar-refractivity contribution in [2.75, 3.05) is 26.4 Å². The van der Waals surface area contributed by atoms with Crippen LogP contribution in [0.2, 0.25) is 0 Å². The molecule has 232 valence electrons. The van der Waals surface area contributed by atoms with Gasteiger partial charge in [-0.05, 0) is 12.8 Å². The van der Waals surface area contributed by atoms with Crippen molar-refractivity contribution < 1.29 is 47.8 Å². The predicted molar refractivity (Wildman–Crippen MR) is 150 cm³/mol. The van der Waals surface area contributed by atoms with E-state index >= 15 is 0 Å². The number of aliphatic hydroxyl groups excluding tert-OH is 2. The lowest BCUT2D eigenvalue weighted by molar-refractivity contribution is -0.161. The number of rotatable bonds is 28. The van der Waals surface area contributed by atoms with Gasteiger partial charge in [-0.25, -0.2) is 4.57 Å². The third kappa shape index (κ3) is 25.7. The first-order valence-electron chi connectivity index (χ1n) is 15.0. The van der Waals surface area contributed by atoms with Gasteiger partial charge in [0, 0.05) is 12.8 Å². The molecule has 0 aromatic heterocycles. The highest BCUT2D eigenvalue weighted by Gasteiger charge is 2.27. The van der Waals surface area contributed by atoms with Gasteiger partial charge in [0.2, 0.25) is 0 Å². The summed E-state index contributed by atoms with van der Waals surface area (Å²) in [6.45, 7) is 2.08. The molecule has 0 aromatic rings. The minimum atomic E-state index is -4.58. The third-order valence-electron chi connectivity index (χ3n) is 6.26. The summed E-state index contributed by atoms with van der Waals surface area (Å²) in [5, 5.41) is 18.1. The lowest BCUT2D eigenvalue weighted by atomic mass is 10.0. The average molecular weight is 583 g/mol. The molecule has 0 spiro atoms. The van der Waals surface area contributed by atoms with Crippen LogP contribution in [0.4, 0.5) is 0 Å². The maximum absolute atomic E-state index is 12.3. The Balaban J connectivity index is 4.21. The second kappa shape index (κ2) is 25.9. The summed E-state index contributed by atoms with van der Waals surface area (Å²) in [6, 6.07) is 0. The van der Waals surface area contributed by atoms with E-state index in [2.05, 4.69) is 11.4 Å². The first kappa shape index (κ1) is 38.0. The number of esters is 2. The van der Waals surface area contributed by atoms with E-state index in [9.17, 15) is 24.2 Å². The second-order valence-corrected chi connectivity index (χ2v) is 11.6. The van der Waals surface area contributed by atoms with Gasteiger partial charge in [0.15, 0.2) is 6.10 Å². The molecule has 0 rings (SSSR count). The summed E-state index contributed by atoms with van der Waals surface area (Å²) < 4.78 is 31.9. The van der Waals surface area contributed by atoms with E-state index in [1.165, 1.54) is 64.2 Å². The summed E-state index contributed by atoms with van der Waals surface area (Å²) >= 11 is 0. The number of phosphoric ester groups is 1. The van der Waals surface area contributed by atoms with Gasteiger partial charge in [-0.1, -0.05) is 104 Å². The predicted octanol–water partition coefficient (Wildman–Crippen LogP) is 5.99. The summed E-state index contributed by atoms with van der Waals surface area (Å²) in [5.41, 5.74) is 0. The van der Waals surface area contributed by atoms with Gasteiger partial charge in [-0.2, -0.15) is 0 Å². The SMILES string of the molecule is CCCCCCCCCCCCCCCCC(=O)OC(COC(=O)CCCC)COP(=O)(O)OCC(O)CO. The topological polar surface area (TPSA) is 149 Å². The highest BCUT2D eigenvalue weighted by Crippen LogP contribution is 2.43. The normalized spacial score (nSPS) is 14.5. The Hall–Kier alpha value is -1.03. The number of hydrogen-bond donors (Lipinski definition) is 3. The molecule has 0 heterocycles.